The molecule has 0 saturated carbocycles. The number of hydrogen-bond donors (Lipinski definition) is 0. The summed E-state index contributed by atoms with van der Waals surface area (Å²) in [5, 5.41) is 0. The van der Waals surface area contributed by atoms with Gasteiger partial charge in [0.05, 0.1) is 0 Å². The van der Waals surface area contributed by atoms with Crippen LogP contribution in [0.25, 0.3) is 0 Å². The van der Waals surface area contributed by atoms with Gasteiger partial charge in [-0.25, -0.2) is 0 Å². The number of ether oxygens (including phenoxy) is 3. The molecule has 0 heterocycles. The van der Waals surface area contributed by atoms with E-state index in [1.807, 2.05) is 0 Å². The summed E-state index contributed by atoms with van der Waals surface area (Å²) in [7, 11) is 2.97. The monoisotopic (exact) mass is 186 g/mol. The molecule has 0 fully saturated rings. The van der Waals surface area contributed by atoms with Crippen molar-refractivity contribution in [1.82, 2.24) is 0 Å². The van der Waals surface area contributed by atoms with Gasteiger partial charge in [-0.05, 0) is 12.8 Å². The molecule has 1 atom stereocenters. The maximum Gasteiger partial charge on any atom is 0.303 e. The second-order valence-corrected chi connectivity index (χ2v) is 2.34. The van der Waals surface area contributed by atoms with Crippen molar-refractivity contribution in [2.75, 3.05) is 14.2 Å². The Morgan fingerprint density at radius 2 is 1.77 bits per heavy atom. The SMILES string of the molecule is COC(C#C[C@@H](C)OC(C)=O)OC. The zero-order chi connectivity index (χ0) is 10.3. The van der Waals surface area contributed by atoms with Gasteiger partial charge < -0.3 is 14.2 Å². The summed E-state index contributed by atoms with van der Waals surface area (Å²) in [6.07, 6.45) is -1.01. The fourth-order valence-electron chi connectivity index (χ4n) is 0.678. The highest BCUT2D eigenvalue weighted by molar-refractivity contribution is 5.66. The molecule has 0 rings (SSSR count). The number of carbonyl (C=O) groups is 1. The number of methoxy groups -OCH3 is 2. The van der Waals surface area contributed by atoms with E-state index < -0.39 is 12.4 Å². The Hall–Kier alpha value is -1.05. The molecule has 4 heteroatoms. The Morgan fingerprint density at radius 1 is 1.23 bits per heavy atom. The summed E-state index contributed by atoms with van der Waals surface area (Å²) in [4.78, 5) is 10.5. The van der Waals surface area contributed by atoms with Crippen molar-refractivity contribution in [3.63, 3.8) is 0 Å². The maximum atomic E-state index is 10.5. The van der Waals surface area contributed by atoms with Crippen molar-refractivity contribution in [2.24, 2.45) is 0 Å². The number of hydrogen-bond acceptors (Lipinski definition) is 4. The van der Waals surface area contributed by atoms with E-state index in [1.54, 1.807) is 6.92 Å². The first-order chi connectivity index (χ1) is 6.10. The van der Waals surface area contributed by atoms with Crippen LogP contribution in [0.3, 0.4) is 0 Å². The predicted octanol–water partition coefficient (Wildman–Crippen LogP) is 0.560. The van der Waals surface area contributed by atoms with E-state index in [0.29, 0.717) is 0 Å². The first kappa shape index (κ1) is 11.9. The molecular weight excluding hydrogens is 172 g/mol. The average molecular weight is 186 g/mol. The smallest absolute Gasteiger partial charge is 0.303 e. The molecule has 0 amide bonds. The van der Waals surface area contributed by atoms with Gasteiger partial charge in [0.15, 0.2) is 6.10 Å². The molecule has 0 saturated heterocycles. The van der Waals surface area contributed by atoms with Crippen LogP contribution in [0, 0.1) is 11.8 Å². The third-order valence-electron chi connectivity index (χ3n) is 1.18. The van der Waals surface area contributed by atoms with Gasteiger partial charge in [0.2, 0.25) is 6.29 Å². The molecular formula is C9H14O4. The number of rotatable bonds is 3. The van der Waals surface area contributed by atoms with Gasteiger partial charge in [-0.15, -0.1) is 0 Å². The van der Waals surface area contributed by atoms with Crippen LogP contribution in [0.2, 0.25) is 0 Å². The molecule has 0 aromatic heterocycles. The standard InChI is InChI=1S/C9H14O4/c1-7(13-8(2)10)5-6-9(11-3)12-4/h7,9H,1-4H3/t7-/m1/s1. The Balaban J connectivity index is 3.99. The number of carbonyl (C=O) groups excluding carboxylic acids is 1. The van der Waals surface area contributed by atoms with Gasteiger partial charge in [-0.2, -0.15) is 0 Å². The lowest BCUT2D eigenvalue weighted by molar-refractivity contribution is -0.143. The molecule has 0 unspecified atom stereocenters. The Bertz CT molecular complexity index is 209. The highest BCUT2D eigenvalue weighted by Crippen LogP contribution is 1.91. The predicted molar refractivity (Wildman–Crippen MR) is 46.8 cm³/mol. The fraction of sp³-hybridized carbons (Fsp3) is 0.667. The second-order valence-electron chi connectivity index (χ2n) is 2.34. The van der Waals surface area contributed by atoms with Crippen LogP contribution in [-0.2, 0) is 19.0 Å². The highest BCUT2D eigenvalue weighted by Gasteiger charge is 2.02. The summed E-state index contributed by atoms with van der Waals surface area (Å²) in [5.74, 6) is 4.97. The van der Waals surface area contributed by atoms with Crippen molar-refractivity contribution in [2.45, 2.75) is 26.2 Å². The molecule has 0 aliphatic rings. The minimum atomic E-state index is -0.571. The molecule has 0 aliphatic carbocycles. The van der Waals surface area contributed by atoms with E-state index in [1.165, 1.54) is 21.1 Å². The van der Waals surface area contributed by atoms with Crippen LogP contribution in [0.1, 0.15) is 13.8 Å². The molecule has 0 aromatic carbocycles. The molecule has 0 radical (unpaired) electrons. The minimum Gasteiger partial charge on any atom is -0.450 e. The summed E-state index contributed by atoms with van der Waals surface area (Å²) < 4.78 is 14.4. The van der Waals surface area contributed by atoms with Crippen molar-refractivity contribution in [3.05, 3.63) is 0 Å². The first-order valence-corrected chi connectivity index (χ1v) is 3.84. The van der Waals surface area contributed by atoms with E-state index in [9.17, 15) is 4.79 Å². The first-order valence-electron chi connectivity index (χ1n) is 3.84. The van der Waals surface area contributed by atoms with Crippen molar-refractivity contribution >= 4 is 5.97 Å². The summed E-state index contributed by atoms with van der Waals surface area (Å²) in [5.41, 5.74) is 0. The van der Waals surface area contributed by atoms with E-state index in [0.717, 1.165) is 0 Å². The third-order valence-corrected chi connectivity index (χ3v) is 1.18. The summed E-state index contributed by atoms with van der Waals surface area (Å²) >= 11 is 0. The summed E-state index contributed by atoms with van der Waals surface area (Å²) in [6.45, 7) is 3.01. The van der Waals surface area contributed by atoms with Gasteiger partial charge in [0.25, 0.3) is 0 Å². The average Bonchev–Trinajstić information content (AvgIpc) is 2.05. The van der Waals surface area contributed by atoms with Crippen LogP contribution in [0.5, 0.6) is 0 Å². The van der Waals surface area contributed by atoms with Crippen molar-refractivity contribution < 1.29 is 19.0 Å². The molecule has 0 aliphatic heterocycles. The van der Waals surface area contributed by atoms with Crippen molar-refractivity contribution in [1.29, 1.82) is 0 Å². The Morgan fingerprint density at radius 3 is 2.15 bits per heavy atom. The Kier molecular flexibility index (Phi) is 5.94. The molecule has 4 nitrogen and oxygen atoms in total. The number of esters is 1. The zero-order valence-electron chi connectivity index (χ0n) is 8.29. The maximum absolute atomic E-state index is 10.5. The van der Waals surface area contributed by atoms with Crippen LogP contribution in [0.15, 0.2) is 0 Å². The van der Waals surface area contributed by atoms with E-state index >= 15 is 0 Å². The largest absolute Gasteiger partial charge is 0.450 e. The van der Waals surface area contributed by atoms with Gasteiger partial charge in [0.1, 0.15) is 0 Å². The highest BCUT2D eigenvalue weighted by atomic mass is 16.7. The minimum absolute atomic E-state index is 0.354. The van der Waals surface area contributed by atoms with Crippen LogP contribution in [-0.4, -0.2) is 32.6 Å². The van der Waals surface area contributed by atoms with E-state index in [2.05, 4.69) is 11.8 Å². The quantitative estimate of drug-likeness (QED) is 0.367. The van der Waals surface area contributed by atoms with Crippen LogP contribution < -0.4 is 0 Å². The van der Waals surface area contributed by atoms with E-state index in [4.69, 9.17) is 14.2 Å². The fourth-order valence-corrected chi connectivity index (χ4v) is 0.678. The lowest BCUT2D eigenvalue weighted by Crippen LogP contribution is -2.13. The normalized spacial score (nSPS) is 11.8. The van der Waals surface area contributed by atoms with Crippen LogP contribution >= 0.6 is 0 Å². The van der Waals surface area contributed by atoms with Crippen LogP contribution in [0.4, 0.5) is 0 Å². The molecule has 0 N–H and O–H groups in total. The topological polar surface area (TPSA) is 44.8 Å². The molecule has 13 heavy (non-hydrogen) atoms. The van der Waals surface area contributed by atoms with E-state index in [-0.39, 0.29) is 5.97 Å². The molecule has 0 aromatic rings. The lowest BCUT2D eigenvalue weighted by Gasteiger charge is -2.06. The van der Waals surface area contributed by atoms with Gasteiger partial charge in [-0.1, -0.05) is 5.92 Å². The lowest BCUT2D eigenvalue weighted by atomic mass is 10.4. The molecule has 74 valence electrons. The molecule has 0 spiro atoms. The summed E-state index contributed by atoms with van der Waals surface area (Å²) in [6, 6.07) is 0. The van der Waals surface area contributed by atoms with Gasteiger partial charge in [0, 0.05) is 21.1 Å². The zero-order valence-corrected chi connectivity index (χ0v) is 8.29. The second kappa shape index (κ2) is 6.46. The Labute approximate surface area is 78.2 Å². The molecule has 0 bridgehead atoms. The van der Waals surface area contributed by atoms with Gasteiger partial charge in [-0.3, -0.25) is 4.79 Å². The van der Waals surface area contributed by atoms with Crippen molar-refractivity contribution in [3.8, 4) is 11.8 Å². The van der Waals surface area contributed by atoms with Gasteiger partial charge >= 0.3 is 5.97 Å². The third kappa shape index (κ3) is 6.14.